The van der Waals surface area contributed by atoms with Gasteiger partial charge in [0.25, 0.3) is 5.91 Å². The van der Waals surface area contributed by atoms with E-state index in [9.17, 15) is 9.18 Å². The number of hydrogen-bond donors (Lipinski definition) is 1. The summed E-state index contributed by atoms with van der Waals surface area (Å²) in [5.41, 5.74) is 0.189. The van der Waals surface area contributed by atoms with E-state index in [1.54, 1.807) is 6.07 Å². The highest BCUT2D eigenvalue weighted by Crippen LogP contribution is 2.20. The van der Waals surface area contributed by atoms with Crippen molar-refractivity contribution in [1.82, 2.24) is 5.32 Å². The Bertz CT molecular complexity index is 493. The van der Waals surface area contributed by atoms with Gasteiger partial charge in [-0.1, -0.05) is 6.07 Å². The van der Waals surface area contributed by atoms with E-state index < -0.39 is 18.5 Å². The predicted octanol–water partition coefficient (Wildman–Crippen LogP) is 1.10. The maximum Gasteiger partial charge on any atom is 0.497 e. The van der Waals surface area contributed by atoms with Gasteiger partial charge in [-0.2, -0.15) is 0 Å². The summed E-state index contributed by atoms with van der Waals surface area (Å²) in [5.74, 6) is -0.784. The maximum atomic E-state index is 14.0. The summed E-state index contributed by atoms with van der Waals surface area (Å²) in [7, 11) is -0.710. The second kappa shape index (κ2) is 5.31. The van der Waals surface area contributed by atoms with E-state index in [1.165, 1.54) is 12.1 Å². The molecular weight excluding hydrogens is 248 g/mol. The van der Waals surface area contributed by atoms with E-state index in [2.05, 4.69) is 5.32 Å². The minimum atomic E-state index is -0.710. The molecule has 1 heterocycles. The van der Waals surface area contributed by atoms with Crippen molar-refractivity contribution in [2.75, 3.05) is 13.2 Å². The van der Waals surface area contributed by atoms with E-state index >= 15 is 0 Å². The molecule has 0 atom stereocenters. The average Bonchev–Trinajstić information content (AvgIpc) is 2.69. The molecule has 1 aliphatic rings. The molecule has 0 unspecified atom stereocenters. The molecule has 1 aliphatic heterocycles. The zero-order chi connectivity index (χ0) is 14.0. The molecule has 1 fully saturated rings. The van der Waals surface area contributed by atoms with Crippen LogP contribution in [0.1, 0.15) is 31.1 Å². The highest BCUT2D eigenvalue weighted by molar-refractivity contribution is 6.62. The van der Waals surface area contributed by atoms with Gasteiger partial charge in [0.05, 0.1) is 12.2 Å². The molecule has 1 N–H and O–H groups in total. The van der Waals surface area contributed by atoms with Crippen molar-refractivity contribution in [2.24, 2.45) is 0 Å². The molecule has 0 radical (unpaired) electrons. The zero-order valence-electron chi connectivity index (χ0n) is 11.3. The van der Waals surface area contributed by atoms with Gasteiger partial charge in [0.2, 0.25) is 0 Å². The van der Waals surface area contributed by atoms with Crippen molar-refractivity contribution in [3.63, 3.8) is 0 Å². The van der Waals surface area contributed by atoms with Crippen LogP contribution < -0.4 is 10.8 Å². The van der Waals surface area contributed by atoms with E-state index in [0.29, 0.717) is 24.2 Å². The van der Waals surface area contributed by atoms with Crippen LogP contribution >= 0.6 is 0 Å². The van der Waals surface area contributed by atoms with Crippen molar-refractivity contribution in [2.45, 2.75) is 26.4 Å². The lowest BCUT2D eigenvalue weighted by molar-refractivity contribution is 0.0955. The molecule has 102 valence electrons. The highest BCUT2D eigenvalue weighted by Gasteiger charge is 2.39. The number of nitrogens with one attached hydrogen (secondary N) is 1. The standard InChI is InChI=1S/C13H17BFNO3/c1-4-16-12(17)9-5-6-10(11(15)7-9)14-18-8-13(2,3)19-14/h5-7H,4,8H2,1-3H3,(H,16,17). The Kier molecular flexibility index (Phi) is 3.92. The molecule has 1 saturated heterocycles. The lowest BCUT2D eigenvalue weighted by atomic mass is 9.78. The third-order valence-corrected chi connectivity index (χ3v) is 2.86. The molecule has 0 aliphatic carbocycles. The first-order chi connectivity index (χ1) is 8.93. The molecule has 0 aromatic heterocycles. The summed E-state index contributed by atoms with van der Waals surface area (Å²) >= 11 is 0. The molecular formula is C13H17BFNO3. The summed E-state index contributed by atoms with van der Waals surface area (Å²) in [5, 5.41) is 2.62. The van der Waals surface area contributed by atoms with Gasteiger partial charge in [-0.05, 0) is 32.9 Å². The third-order valence-electron chi connectivity index (χ3n) is 2.86. The van der Waals surface area contributed by atoms with E-state index in [-0.39, 0.29) is 5.91 Å². The zero-order valence-corrected chi connectivity index (χ0v) is 11.3. The molecule has 0 bridgehead atoms. The van der Waals surface area contributed by atoms with Crippen LogP contribution in [-0.4, -0.2) is 31.8 Å². The summed E-state index contributed by atoms with van der Waals surface area (Å²) in [6, 6.07) is 4.31. The van der Waals surface area contributed by atoms with Crippen LogP contribution in [0, 0.1) is 5.82 Å². The molecule has 1 aromatic rings. The fourth-order valence-electron chi connectivity index (χ4n) is 1.91. The van der Waals surface area contributed by atoms with Gasteiger partial charge in [0.15, 0.2) is 0 Å². The second-order valence-electron chi connectivity index (χ2n) is 5.12. The monoisotopic (exact) mass is 265 g/mol. The molecule has 2 rings (SSSR count). The largest absolute Gasteiger partial charge is 0.497 e. The molecule has 0 spiro atoms. The quantitative estimate of drug-likeness (QED) is 0.832. The first-order valence-electron chi connectivity index (χ1n) is 6.30. The number of amides is 1. The summed E-state index contributed by atoms with van der Waals surface area (Å²) in [6.45, 7) is 6.49. The molecule has 19 heavy (non-hydrogen) atoms. The van der Waals surface area contributed by atoms with Crippen molar-refractivity contribution < 1.29 is 18.5 Å². The van der Waals surface area contributed by atoms with Gasteiger partial charge >= 0.3 is 7.12 Å². The van der Waals surface area contributed by atoms with E-state index in [4.69, 9.17) is 9.31 Å². The number of carbonyl (C=O) groups excluding carboxylic acids is 1. The van der Waals surface area contributed by atoms with Gasteiger partial charge < -0.3 is 14.6 Å². The number of rotatable bonds is 3. The molecule has 1 aromatic carbocycles. The Morgan fingerprint density at radius 2 is 2.26 bits per heavy atom. The Morgan fingerprint density at radius 1 is 1.53 bits per heavy atom. The molecule has 6 heteroatoms. The maximum absolute atomic E-state index is 14.0. The van der Waals surface area contributed by atoms with Crippen LogP contribution in [0.15, 0.2) is 18.2 Å². The normalized spacial score (nSPS) is 17.6. The van der Waals surface area contributed by atoms with Gasteiger partial charge in [-0.3, -0.25) is 4.79 Å². The van der Waals surface area contributed by atoms with Gasteiger partial charge in [0, 0.05) is 17.6 Å². The van der Waals surface area contributed by atoms with Crippen molar-refractivity contribution in [3.8, 4) is 0 Å². The van der Waals surface area contributed by atoms with Crippen molar-refractivity contribution in [1.29, 1.82) is 0 Å². The van der Waals surface area contributed by atoms with Crippen LogP contribution in [0.3, 0.4) is 0 Å². The first kappa shape index (κ1) is 14.0. The van der Waals surface area contributed by atoms with Crippen molar-refractivity contribution in [3.05, 3.63) is 29.6 Å². The summed E-state index contributed by atoms with van der Waals surface area (Å²) < 4.78 is 25.0. The Hall–Kier alpha value is -1.40. The SMILES string of the molecule is CCNC(=O)c1ccc(B2OCC(C)(C)O2)c(F)c1. The van der Waals surface area contributed by atoms with Crippen LogP contribution in [0.4, 0.5) is 4.39 Å². The molecule has 1 amide bonds. The van der Waals surface area contributed by atoms with Crippen LogP contribution in [0.5, 0.6) is 0 Å². The lowest BCUT2D eigenvalue weighted by Gasteiger charge is -2.15. The number of carbonyl (C=O) groups is 1. The summed E-state index contributed by atoms with van der Waals surface area (Å²) in [4.78, 5) is 11.6. The van der Waals surface area contributed by atoms with Gasteiger partial charge in [-0.15, -0.1) is 0 Å². The predicted molar refractivity (Wildman–Crippen MR) is 70.9 cm³/mol. The topological polar surface area (TPSA) is 47.6 Å². The van der Waals surface area contributed by atoms with Crippen LogP contribution in [0.2, 0.25) is 0 Å². The van der Waals surface area contributed by atoms with Gasteiger partial charge in [0.1, 0.15) is 5.82 Å². The Morgan fingerprint density at radius 3 is 2.79 bits per heavy atom. The van der Waals surface area contributed by atoms with Crippen LogP contribution in [-0.2, 0) is 9.31 Å². The second-order valence-corrected chi connectivity index (χ2v) is 5.12. The molecule has 4 nitrogen and oxygen atoms in total. The molecule has 0 saturated carbocycles. The van der Waals surface area contributed by atoms with E-state index in [0.717, 1.165) is 0 Å². The van der Waals surface area contributed by atoms with Gasteiger partial charge in [-0.25, -0.2) is 4.39 Å². The minimum absolute atomic E-state index is 0.290. The first-order valence-corrected chi connectivity index (χ1v) is 6.30. The fraction of sp³-hybridized carbons (Fsp3) is 0.462. The van der Waals surface area contributed by atoms with E-state index in [1.807, 2.05) is 20.8 Å². The smallest absolute Gasteiger partial charge is 0.404 e. The Balaban J connectivity index is 2.18. The van der Waals surface area contributed by atoms with Crippen LogP contribution in [0.25, 0.3) is 0 Å². The third kappa shape index (κ3) is 3.14. The number of benzene rings is 1. The fourth-order valence-corrected chi connectivity index (χ4v) is 1.91. The summed E-state index contributed by atoms with van der Waals surface area (Å²) in [6.07, 6.45) is 0. The number of halogens is 1. The Labute approximate surface area is 112 Å². The lowest BCUT2D eigenvalue weighted by Crippen LogP contribution is -2.37. The minimum Gasteiger partial charge on any atom is -0.404 e. The number of hydrogen-bond acceptors (Lipinski definition) is 3. The average molecular weight is 265 g/mol. The highest BCUT2D eigenvalue weighted by atomic mass is 19.1. The van der Waals surface area contributed by atoms with Crippen molar-refractivity contribution >= 4 is 18.5 Å².